The Morgan fingerprint density at radius 3 is 2.68 bits per heavy atom. The van der Waals surface area contributed by atoms with Crippen LogP contribution in [0.3, 0.4) is 0 Å². The van der Waals surface area contributed by atoms with Gasteiger partial charge in [0.25, 0.3) is 0 Å². The summed E-state index contributed by atoms with van der Waals surface area (Å²) < 4.78 is 10.3. The van der Waals surface area contributed by atoms with Crippen molar-refractivity contribution < 1.29 is 13.9 Å². The molecule has 2 heterocycles. The number of aromatic nitrogens is 2. The number of oxazole rings is 1. The quantitative estimate of drug-likeness (QED) is 0.658. The van der Waals surface area contributed by atoms with Gasteiger partial charge in [0, 0.05) is 17.8 Å². The molecule has 0 aliphatic carbocycles. The molecule has 94 valence electrons. The van der Waals surface area contributed by atoms with Gasteiger partial charge in [-0.1, -0.05) is 0 Å². The highest BCUT2D eigenvalue weighted by Crippen LogP contribution is 2.23. The summed E-state index contributed by atoms with van der Waals surface area (Å²) in [5.41, 5.74) is 2.67. The monoisotopic (exact) mass is 254 g/mol. The van der Waals surface area contributed by atoms with E-state index in [-0.39, 0.29) is 5.97 Å². The number of ether oxygens (including phenoxy) is 1. The predicted octanol–water partition coefficient (Wildman–Crippen LogP) is 2.68. The zero-order valence-electron chi connectivity index (χ0n) is 10.2. The molecule has 3 rings (SSSR count). The first kappa shape index (κ1) is 11.4. The van der Waals surface area contributed by atoms with Crippen LogP contribution in [0, 0.1) is 0 Å². The van der Waals surface area contributed by atoms with Gasteiger partial charge in [0.05, 0.1) is 18.9 Å². The second kappa shape index (κ2) is 4.53. The third-order valence-electron chi connectivity index (χ3n) is 2.74. The maximum atomic E-state index is 11.3. The van der Waals surface area contributed by atoms with Crippen LogP contribution < -0.4 is 0 Å². The number of hydrogen-bond acceptors (Lipinski definition) is 5. The lowest BCUT2D eigenvalue weighted by molar-refractivity contribution is 0.0601. The van der Waals surface area contributed by atoms with Gasteiger partial charge in [-0.15, -0.1) is 0 Å². The van der Waals surface area contributed by atoms with Gasteiger partial charge >= 0.3 is 5.97 Å². The number of fused-ring (bicyclic) bond motifs is 1. The summed E-state index contributed by atoms with van der Waals surface area (Å²) in [5.74, 6) is 0.132. The molecule has 3 aromatic rings. The van der Waals surface area contributed by atoms with E-state index in [1.54, 1.807) is 42.7 Å². The van der Waals surface area contributed by atoms with E-state index in [0.29, 0.717) is 22.6 Å². The van der Waals surface area contributed by atoms with Crippen molar-refractivity contribution in [2.45, 2.75) is 0 Å². The van der Waals surface area contributed by atoms with Crippen molar-refractivity contribution in [1.82, 2.24) is 9.97 Å². The van der Waals surface area contributed by atoms with Crippen LogP contribution in [0.25, 0.3) is 22.6 Å². The third-order valence-corrected chi connectivity index (χ3v) is 2.74. The summed E-state index contributed by atoms with van der Waals surface area (Å²) >= 11 is 0. The van der Waals surface area contributed by atoms with E-state index >= 15 is 0 Å². The third kappa shape index (κ3) is 2.06. The molecule has 0 unspecified atom stereocenters. The summed E-state index contributed by atoms with van der Waals surface area (Å²) in [6.07, 6.45) is 3.29. The van der Waals surface area contributed by atoms with Crippen LogP contribution in [0.15, 0.2) is 47.1 Å². The molecule has 0 atom stereocenters. The van der Waals surface area contributed by atoms with E-state index in [9.17, 15) is 4.79 Å². The van der Waals surface area contributed by atoms with Crippen molar-refractivity contribution >= 4 is 17.1 Å². The number of carbonyl (C=O) groups excluding carboxylic acids is 1. The molecule has 5 heteroatoms. The van der Waals surface area contributed by atoms with Gasteiger partial charge in [0.2, 0.25) is 5.89 Å². The molecule has 0 bridgehead atoms. The summed E-state index contributed by atoms with van der Waals surface area (Å²) in [6.45, 7) is 0. The number of carbonyl (C=O) groups is 1. The number of methoxy groups -OCH3 is 1. The minimum atomic E-state index is -0.367. The number of pyridine rings is 1. The molecule has 0 amide bonds. The Labute approximate surface area is 108 Å². The Bertz CT molecular complexity index is 699. The minimum absolute atomic E-state index is 0.367. The first-order valence-electron chi connectivity index (χ1n) is 5.67. The number of benzene rings is 1. The Morgan fingerprint density at radius 1 is 1.21 bits per heavy atom. The van der Waals surface area contributed by atoms with Crippen molar-refractivity contribution in [3.05, 3.63) is 48.3 Å². The van der Waals surface area contributed by atoms with Gasteiger partial charge in [-0.2, -0.15) is 0 Å². The molecule has 0 spiro atoms. The SMILES string of the molecule is COC(=O)c1ccc(-c2nc3cnccc3o2)cc1. The Hall–Kier alpha value is -2.69. The van der Waals surface area contributed by atoms with Gasteiger partial charge < -0.3 is 9.15 Å². The fraction of sp³-hybridized carbons (Fsp3) is 0.0714. The molecule has 0 radical (unpaired) electrons. The van der Waals surface area contributed by atoms with Gasteiger partial charge in [-0.05, 0) is 24.3 Å². The fourth-order valence-electron chi connectivity index (χ4n) is 1.77. The molecule has 5 nitrogen and oxygen atoms in total. The lowest BCUT2D eigenvalue weighted by Gasteiger charge is -1.99. The van der Waals surface area contributed by atoms with Crippen molar-refractivity contribution in [2.24, 2.45) is 0 Å². The normalized spacial score (nSPS) is 10.6. The zero-order chi connectivity index (χ0) is 13.2. The molecule has 19 heavy (non-hydrogen) atoms. The molecule has 0 saturated carbocycles. The van der Waals surface area contributed by atoms with Crippen molar-refractivity contribution in [1.29, 1.82) is 0 Å². The number of rotatable bonds is 2. The van der Waals surface area contributed by atoms with Gasteiger partial charge in [0.15, 0.2) is 5.58 Å². The minimum Gasteiger partial charge on any atom is -0.465 e. The fourth-order valence-corrected chi connectivity index (χ4v) is 1.77. The van der Waals surface area contributed by atoms with Crippen LogP contribution in [0.5, 0.6) is 0 Å². The predicted molar refractivity (Wildman–Crippen MR) is 68.6 cm³/mol. The highest BCUT2D eigenvalue weighted by atomic mass is 16.5. The standard InChI is InChI=1S/C14H10N2O3/c1-18-14(17)10-4-2-9(3-5-10)13-16-11-8-15-7-6-12(11)19-13/h2-8H,1H3. The molecule has 1 aromatic carbocycles. The summed E-state index contributed by atoms with van der Waals surface area (Å²) in [5, 5.41) is 0. The summed E-state index contributed by atoms with van der Waals surface area (Å²) in [7, 11) is 1.35. The van der Waals surface area contributed by atoms with E-state index in [1.807, 2.05) is 0 Å². The molecular formula is C14H10N2O3. The van der Waals surface area contributed by atoms with Gasteiger partial charge in [-0.25, -0.2) is 9.78 Å². The molecule has 0 fully saturated rings. The molecule has 2 aromatic heterocycles. The molecule has 0 saturated heterocycles. The van der Waals surface area contributed by atoms with Gasteiger partial charge in [-0.3, -0.25) is 4.98 Å². The maximum absolute atomic E-state index is 11.3. The zero-order valence-corrected chi connectivity index (χ0v) is 10.2. The Kier molecular flexibility index (Phi) is 2.72. The van der Waals surface area contributed by atoms with E-state index < -0.39 is 0 Å². The van der Waals surface area contributed by atoms with E-state index in [2.05, 4.69) is 14.7 Å². The van der Waals surface area contributed by atoms with Crippen LogP contribution in [0.4, 0.5) is 0 Å². The highest BCUT2D eigenvalue weighted by Gasteiger charge is 2.10. The smallest absolute Gasteiger partial charge is 0.337 e. The topological polar surface area (TPSA) is 65.2 Å². The van der Waals surface area contributed by atoms with E-state index in [4.69, 9.17) is 4.42 Å². The van der Waals surface area contributed by atoms with Crippen LogP contribution in [-0.4, -0.2) is 23.0 Å². The van der Waals surface area contributed by atoms with Crippen molar-refractivity contribution in [2.75, 3.05) is 7.11 Å². The summed E-state index contributed by atoms with van der Waals surface area (Å²) in [6, 6.07) is 8.64. The first-order chi connectivity index (χ1) is 9.28. The largest absolute Gasteiger partial charge is 0.465 e. The maximum Gasteiger partial charge on any atom is 0.337 e. The first-order valence-corrected chi connectivity index (χ1v) is 5.67. The number of esters is 1. The summed E-state index contributed by atoms with van der Waals surface area (Å²) in [4.78, 5) is 19.6. The second-order valence-electron chi connectivity index (χ2n) is 3.93. The van der Waals surface area contributed by atoms with Crippen LogP contribution in [-0.2, 0) is 4.74 Å². The average Bonchev–Trinajstić information content (AvgIpc) is 2.90. The lowest BCUT2D eigenvalue weighted by atomic mass is 10.1. The Balaban J connectivity index is 1.99. The molecule has 0 aliphatic rings. The van der Waals surface area contributed by atoms with Gasteiger partial charge in [0.1, 0.15) is 5.52 Å². The molecular weight excluding hydrogens is 244 g/mol. The molecule has 0 aliphatic heterocycles. The number of hydrogen-bond donors (Lipinski definition) is 0. The average molecular weight is 254 g/mol. The van der Waals surface area contributed by atoms with Crippen LogP contribution >= 0.6 is 0 Å². The molecule has 0 N–H and O–H groups in total. The number of nitrogens with zero attached hydrogens (tertiary/aromatic N) is 2. The van der Waals surface area contributed by atoms with Crippen molar-refractivity contribution in [3.63, 3.8) is 0 Å². The van der Waals surface area contributed by atoms with E-state index in [1.165, 1.54) is 7.11 Å². The van der Waals surface area contributed by atoms with Crippen LogP contribution in [0.2, 0.25) is 0 Å². The second-order valence-corrected chi connectivity index (χ2v) is 3.93. The van der Waals surface area contributed by atoms with Crippen LogP contribution in [0.1, 0.15) is 10.4 Å². The Morgan fingerprint density at radius 2 is 2.00 bits per heavy atom. The highest BCUT2D eigenvalue weighted by molar-refractivity contribution is 5.89. The lowest BCUT2D eigenvalue weighted by Crippen LogP contribution is -2.00. The van der Waals surface area contributed by atoms with E-state index in [0.717, 1.165) is 5.56 Å². The van der Waals surface area contributed by atoms with Crippen molar-refractivity contribution in [3.8, 4) is 11.5 Å².